The van der Waals surface area contributed by atoms with Crippen molar-refractivity contribution in [1.82, 2.24) is 0 Å². The fraction of sp³-hybridized carbons (Fsp3) is 0.200. The molecule has 20 heavy (non-hydrogen) atoms. The van der Waals surface area contributed by atoms with Crippen LogP contribution in [0.15, 0.2) is 36.4 Å². The van der Waals surface area contributed by atoms with Gasteiger partial charge >= 0.3 is 0 Å². The molecule has 0 aliphatic heterocycles. The maximum atomic E-state index is 13.7. The summed E-state index contributed by atoms with van der Waals surface area (Å²) in [7, 11) is 3.18. The van der Waals surface area contributed by atoms with Gasteiger partial charge in [-0.2, -0.15) is 0 Å². The van der Waals surface area contributed by atoms with Crippen molar-refractivity contribution in [2.45, 2.75) is 6.54 Å². The van der Waals surface area contributed by atoms with Crippen molar-refractivity contribution in [3.05, 3.63) is 47.8 Å². The molecule has 0 saturated carbocycles. The van der Waals surface area contributed by atoms with E-state index in [1.165, 1.54) is 6.07 Å². The summed E-state index contributed by atoms with van der Waals surface area (Å²) in [6, 6.07) is 10.0. The Hall–Kier alpha value is -2.43. The smallest absolute Gasteiger partial charge is 0.148 e. The lowest BCUT2D eigenvalue weighted by atomic mass is 10.2. The zero-order chi connectivity index (χ0) is 14.5. The van der Waals surface area contributed by atoms with Crippen LogP contribution in [-0.2, 0) is 6.54 Å². The van der Waals surface area contributed by atoms with E-state index in [9.17, 15) is 4.39 Å². The van der Waals surface area contributed by atoms with Crippen molar-refractivity contribution >= 4 is 11.4 Å². The largest absolute Gasteiger partial charge is 0.497 e. The van der Waals surface area contributed by atoms with E-state index in [0.717, 1.165) is 5.56 Å². The number of rotatable bonds is 5. The Kier molecular flexibility index (Phi) is 4.30. The van der Waals surface area contributed by atoms with E-state index in [2.05, 4.69) is 5.32 Å². The number of hydrogen-bond donors (Lipinski definition) is 2. The average Bonchev–Trinajstić information content (AvgIpc) is 2.46. The molecule has 0 aromatic heterocycles. The topological polar surface area (TPSA) is 56.5 Å². The second-order valence-electron chi connectivity index (χ2n) is 4.27. The quantitative estimate of drug-likeness (QED) is 0.824. The lowest BCUT2D eigenvalue weighted by Gasteiger charge is -2.12. The summed E-state index contributed by atoms with van der Waals surface area (Å²) in [5, 5.41) is 3.02. The van der Waals surface area contributed by atoms with Gasteiger partial charge in [-0.1, -0.05) is 0 Å². The number of nitrogen functional groups attached to an aromatic ring is 1. The Bertz CT molecular complexity index is 602. The summed E-state index contributed by atoms with van der Waals surface area (Å²) in [5.74, 6) is 1.02. The molecule has 4 nitrogen and oxygen atoms in total. The van der Waals surface area contributed by atoms with Crippen molar-refractivity contribution in [2.75, 3.05) is 25.3 Å². The Morgan fingerprint density at radius 2 is 1.90 bits per heavy atom. The van der Waals surface area contributed by atoms with Crippen LogP contribution in [0.3, 0.4) is 0 Å². The van der Waals surface area contributed by atoms with Gasteiger partial charge in [-0.05, 0) is 30.3 Å². The number of nitrogens with one attached hydrogen (secondary N) is 1. The predicted molar refractivity (Wildman–Crippen MR) is 77.7 cm³/mol. The number of nitrogens with two attached hydrogens (primary N) is 1. The molecule has 0 amide bonds. The number of methoxy groups -OCH3 is 2. The van der Waals surface area contributed by atoms with Crippen molar-refractivity contribution in [2.24, 2.45) is 0 Å². The fourth-order valence-corrected chi connectivity index (χ4v) is 1.86. The van der Waals surface area contributed by atoms with Crippen molar-refractivity contribution < 1.29 is 13.9 Å². The first kappa shape index (κ1) is 14.0. The van der Waals surface area contributed by atoms with Crippen LogP contribution in [0.2, 0.25) is 0 Å². The highest BCUT2D eigenvalue weighted by Crippen LogP contribution is 2.26. The number of anilines is 2. The van der Waals surface area contributed by atoms with Crippen LogP contribution in [-0.4, -0.2) is 14.2 Å². The third-order valence-electron chi connectivity index (χ3n) is 2.96. The molecule has 0 radical (unpaired) electrons. The molecule has 3 N–H and O–H groups in total. The molecule has 2 aromatic rings. The third kappa shape index (κ3) is 3.12. The number of benzene rings is 2. The van der Waals surface area contributed by atoms with Crippen LogP contribution >= 0.6 is 0 Å². The minimum absolute atomic E-state index is 0.377. The number of halogens is 1. The van der Waals surface area contributed by atoms with Gasteiger partial charge in [-0.15, -0.1) is 0 Å². The molecular weight excluding hydrogens is 259 g/mol. The molecule has 0 spiro atoms. The van der Waals surface area contributed by atoms with E-state index in [1.807, 2.05) is 12.1 Å². The summed E-state index contributed by atoms with van der Waals surface area (Å²) >= 11 is 0. The molecule has 0 saturated heterocycles. The molecule has 2 rings (SSSR count). The van der Waals surface area contributed by atoms with Crippen LogP contribution in [0.25, 0.3) is 0 Å². The van der Waals surface area contributed by atoms with Crippen LogP contribution < -0.4 is 20.5 Å². The van der Waals surface area contributed by atoms with Gasteiger partial charge in [-0.25, -0.2) is 4.39 Å². The summed E-state index contributed by atoms with van der Waals surface area (Å²) in [6.07, 6.45) is 0. The van der Waals surface area contributed by atoms with E-state index in [4.69, 9.17) is 15.2 Å². The lowest BCUT2D eigenvalue weighted by molar-refractivity contribution is 0.391. The van der Waals surface area contributed by atoms with Crippen molar-refractivity contribution in [3.8, 4) is 11.5 Å². The van der Waals surface area contributed by atoms with E-state index >= 15 is 0 Å². The van der Waals surface area contributed by atoms with Gasteiger partial charge in [0.1, 0.15) is 17.3 Å². The SMILES string of the molecule is COc1ccc(CNc2ccc(N)cc2F)c(OC)c1. The number of hydrogen-bond acceptors (Lipinski definition) is 4. The van der Waals surface area contributed by atoms with Crippen LogP contribution in [0, 0.1) is 5.82 Å². The van der Waals surface area contributed by atoms with Crippen molar-refractivity contribution in [3.63, 3.8) is 0 Å². The van der Waals surface area contributed by atoms with Gasteiger partial charge in [0.05, 0.1) is 19.9 Å². The normalized spacial score (nSPS) is 10.2. The Morgan fingerprint density at radius 1 is 1.10 bits per heavy atom. The molecule has 0 aliphatic carbocycles. The molecule has 2 aromatic carbocycles. The van der Waals surface area contributed by atoms with Gasteiger partial charge in [-0.3, -0.25) is 0 Å². The number of ether oxygens (including phenoxy) is 2. The van der Waals surface area contributed by atoms with Crippen LogP contribution in [0.5, 0.6) is 11.5 Å². The molecule has 0 aliphatic rings. The minimum atomic E-state index is -0.377. The van der Waals surface area contributed by atoms with Gasteiger partial charge in [0.25, 0.3) is 0 Å². The second-order valence-corrected chi connectivity index (χ2v) is 4.27. The monoisotopic (exact) mass is 276 g/mol. The fourth-order valence-electron chi connectivity index (χ4n) is 1.86. The summed E-state index contributed by atoms with van der Waals surface area (Å²) < 4.78 is 24.1. The molecule has 0 heterocycles. The average molecular weight is 276 g/mol. The van der Waals surface area contributed by atoms with E-state index in [0.29, 0.717) is 29.4 Å². The highest BCUT2D eigenvalue weighted by Gasteiger charge is 2.07. The van der Waals surface area contributed by atoms with Gasteiger partial charge in [0, 0.05) is 23.9 Å². The summed E-state index contributed by atoms with van der Waals surface area (Å²) in [4.78, 5) is 0. The van der Waals surface area contributed by atoms with E-state index in [1.54, 1.807) is 32.4 Å². The standard InChI is InChI=1S/C15H17FN2O2/c1-19-12-5-3-10(15(8-12)20-2)9-18-14-6-4-11(17)7-13(14)16/h3-8,18H,9,17H2,1-2H3. The van der Waals surface area contributed by atoms with Crippen LogP contribution in [0.1, 0.15) is 5.56 Å². The molecule has 0 fully saturated rings. The van der Waals surface area contributed by atoms with Gasteiger partial charge in [0.15, 0.2) is 0 Å². The lowest BCUT2D eigenvalue weighted by Crippen LogP contribution is -2.04. The zero-order valence-electron chi connectivity index (χ0n) is 11.4. The zero-order valence-corrected chi connectivity index (χ0v) is 11.4. The Morgan fingerprint density at radius 3 is 2.55 bits per heavy atom. The first-order valence-corrected chi connectivity index (χ1v) is 6.14. The molecule has 106 valence electrons. The highest BCUT2D eigenvalue weighted by atomic mass is 19.1. The Balaban J connectivity index is 2.14. The minimum Gasteiger partial charge on any atom is -0.497 e. The van der Waals surface area contributed by atoms with Gasteiger partial charge < -0.3 is 20.5 Å². The van der Waals surface area contributed by atoms with Crippen LogP contribution in [0.4, 0.5) is 15.8 Å². The second kappa shape index (κ2) is 6.14. The van der Waals surface area contributed by atoms with E-state index < -0.39 is 0 Å². The first-order chi connectivity index (χ1) is 9.63. The van der Waals surface area contributed by atoms with E-state index in [-0.39, 0.29) is 5.82 Å². The molecular formula is C15H17FN2O2. The molecule has 0 atom stereocenters. The third-order valence-corrected chi connectivity index (χ3v) is 2.96. The van der Waals surface area contributed by atoms with Crippen molar-refractivity contribution in [1.29, 1.82) is 0 Å². The molecule has 0 bridgehead atoms. The Labute approximate surface area is 117 Å². The summed E-state index contributed by atoms with van der Waals surface area (Å²) in [5.41, 5.74) is 7.22. The predicted octanol–water partition coefficient (Wildman–Crippen LogP) is 3.04. The van der Waals surface area contributed by atoms with Gasteiger partial charge in [0.2, 0.25) is 0 Å². The maximum absolute atomic E-state index is 13.7. The maximum Gasteiger partial charge on any atom is 0.148 e. The molecule has 0 unspecified atom stereocenters. The highest BCUT2D eigenvalue weighted by molar-refractivity contribution is 5.53. The summed E-state index contributed by atoms with van der Waals surface area (Å²) in [6.45, 7) is 0.438. The first-order valence-electron chi connectivity index (χ1n) is 6.14. The molecule has 5 heteroatoms.